The molecule has 0 saturated carbocycles. The van der Waals surface area contributed by atoms with Gasteiger partial charge in [0.25, 0.3) is 0 Å². The molecule has 0 amide bonds. The zero-order valence-corrected chi connectivity index (χ0v) is 16.7. The fourth-order valence-corrected chi connectivity index (χ4v) is 4.57. The first-order chi connectivity index (χ1) is 14.3. The Morgan fingerprint density at radius 1 is 1.00 bits per heavy atom. The van der Waals surface area contributed by atoms with Gasteiger partial charge in [0.15, 0.2) is 0 Å². The van der Waals surface area contributed by atoms with Crippen molar-refractivity contribution < 1.29 is 4.74 Å². The molecule has 2 fully saturated rings. The molecule has 2 aliphatic heterocycles. The summed E-state index contributed by atoms with van der Waals surface area (Å²) < 4.78 is 5.48. The van der Waals surface area contributed by atoms with Gasteiger partial charge in [0.2, 0.25) is 0 Å². The number of benzene rings is 1. The number of piperidine rings is 1. The van der Waals surface area contributed by atoms with Gasteiger partial charge in [-0.25, -0.2) is 19.9 Å². The molecule has 2 aliphatic rings. The Kier molecular flexibility index (Phi) is 4.97. The van der Waals surface area contributed by atoms with E-state index in [4.69, 9.17) is 9.72 Å². The lowest BCUT2D eigenvalue weighted by molar-refractivity contribution is 0.122. The first-order valence-corrected chi connectivity index (χ1v) is 10.4. The second-order valence-corrected chi connectivity index (χ2v) is 7.79. The highest BCUT2D eigenvalue weighted by atomic mass is 16.5. The third kappa shape index (κ3) is 3.51. The molecule has 0 bridgehead atoms. The van der Waals surface area contributed by atoms with Crippen LogP contribution in [0.4, 0.5) is 11.5 Å². The van der Waals surface area contributed by atoms with Crippen molar-refractivity contribution in [2.45, 2.75) is 31.7 Å². The van der Waals surface area contributed by atoms with E-state index in [2.05, 4.69) is 49.9 Å². The molecule has 29 heavy (non-hydrogen) atoms. The van der Waals surface area contributed by atoms with Crippen LogP contribution < -0.4 is 9.80 Å². The summed E-state index contributed by atoms with van der Waals surface area (Å²) in [6.45, 7) is 6.65. The average Bonchev–Trinajstić information content (AvgIpc) is 2.80. The third-order valence-electron chi connectivity index (χ3n) is 6.15. The van der Waals surface area contributed by atoms with Crippen molar-refractivity contribution in [3.05, 3.63) is 48.8 Å². The van der Waals surface area contributed by atoms with Crippen LogP contribution in [0.15, 0.2) is 43.0 Å². The number of morpholine rings is 1. The summed E-state index contributed by atoms with van der Waals surface area (Å²) in [4.78, 5) is 23.1. The number of anilines is 2. The van der Waals surface area contributed by atoms with Crippen LogP contribution >= 0.6 is 0 Å². The Morgan fingerprint density at radius 3 is 2.66 bits per heavy atom. The van der Waals surface area contributed by atoms with Gasteiger partial charge in [0.1, 0.15) is 18.0 Å². The van der Waals surface area contributed by atoms with Crippen molar-refractivity contribution in [3.8, 4) is 0 Å². The van der Waals surface area contributed by atoms with Crippen LogP contribution in [0.25, 0.3) is 10.9 Å². The molecule has 5 rings (SSSR count). The van der Waals surface area contributed by atoms with Crippen LogP contribution in [-0.4, -0.2) is 58.8 Å². The Hall–Kier alpha value is -2.80. The standard InChI is InChI=1S/C22H26N6O/c1-16-18(21-23-7-3-8-24-21)4-2-9-28(16)22-19-6-5-17(14-20(19)25-15-26-22)27-10-12-29-13-11-27/h3,5-8,14-16,18H,2,4,9-13H2,1H3. The number of hydrogen-bond donors (Lipinski definition) is 0. The molecule has 0 radical (unpaired) electrons. The predicted octanol–water partition coefficient (Wildman–Crippen LogP) is 3.03. The summed E-state index contributed by atoms with van der Waals surface area (Å²) in [6.07, 6.45) is 7.56. The zero-order valence-electron chi connectivity index (χ0n) is 16.7. The monoisotopic (exact) mass is 390 g/mol. The van der Waals surface area contributed by atoms with E-state index in [1.54, 1.807) is 6.33 Å². The summed E-state index contributed by atoms with van der Waals surface area (Å²) in [5.41, 5.74) is 2.19. The summed E-state index contributed by atoms with van der Waals surface area (Å²) >= 11 is 0. The number of ether oxygens (including phenoxy) is 1. The van der Waals surface area contributed by atoms with E-state index in [1.165, 1.54) is 5.69 Å². The quantitative estimate of drug-likeness (QED) is 0.681. The van der Waals surface area contributed by atoms with Gasteiger partial charge in [-0.05, 0) is 44.0 Å². The van der Waals surface area contributed by atoms with Crippen molar-refractivity contribution >= 4 is 22.4 Å². The number of aromatic nitrogens is 4. The van der Waals surface area contributed by atoms with Crippen LogP contribution in [0.3, 0.4) is 0 Å². The van der Waals surface area contributed by atoms with E-state index in [1.807, 2.05) is 18.5 Å². The maximum Gasteiger partial charge on any atom is 0.140 e. The van der Waals surface area contributed by atoms with Gasteiger partial charge in [-0.3, -0.25) is 0 Å². The molecule has 2 unspecified atom stereocenters. The highest BCUT2D eigenvalue weighted by Gasteiger charge is 2.32. The first-order valence-electron chi connectivity index (χ1n) is 10.4. The van der Waals surface area contributed by atoms with E-state index >= 15 is 0 Å². The number of fused-ring (bicyclic) bond motifs is 1. The second-order valence-electron chi connectivity index (χ2n) is 7.79. The lowest BCUT2D eigenvalue weighted by Gasteiger charge is -2.39. The van der Waals surface area contributed by atoms with E-state index in [-0.39, 0.29) is 6.04 Å². The molecule has 7 nitrogen and oxygen atoms in total. The SMILES string of the molecule is CC1C(c2ncccn2)CCCN1c1ncnc2cc(N3CCOCC3)ccc12. The van der Waals surface area contributed by atoms with Gasteiger partial charge < -0.3 is 14.5 Å². The molecule has 4 heterocycles. The Labute approximate surface area is 170 Å². The molecule has 0 spiro atoms. The Balaban J connectivity index is 1.47. The van der Waals surface area contributed by atoms with Crippen molar-refractivity contribution in [2.75, 3.05) is 42.6 Å². The molecule has 2 saturated heterocycles. The van der Waals surface area contributed by atoms with Gasteiger partial charge in [0, 0.05) is 55.1 Å². The van der Waals surface area contributed by atoms with Crippen LogP contribution in [0.5, 0.6) is 0 Å². The van der Waals surface area contributed by atoms with Crippen molar-refractivity contribution in [1.82, 2.24) is 19.9 Å². The minimum Gasteiger partial charge on any atom is -0.378 e. The second kappa shape index (κ2) is 7.91. The Bertz CT molecular complexity index is 975. The smallest absolute Gasteiger partial charge is 0.140 e. The largest absolute Gasteiger partial charge is 0.378 e. The summed E-state index contributed by atoms with van der Waals surface area (Å²) in [5, 5.41) is 1.10. The van der Waals surface area contributed by atoms with E-state index in [0.29, 0.717) is 5.92 Å². The first kappa shape index (κ1) is 18.2. The molecular formula is C22H26N6O. The number of nitrogens with zero attached hydrogens (tertiary/aromatic N) is 6. The molecular weight excluding hydrogens is 364 g/mol. The fourth-order valence-electron chi connectivity index (χ4n) is 4.57. The third-order valence-corrected chi connectivity index (χ3v) is 6.15. The maximum atomic E-state index is 5.48. The normalized spacial score (nSPS) is 22.8. The van der Waals surface area contributed by atoms with Gasteiger partial charge >= 0.3 is 0 Å². The van der Waals surface area contributed by atoms with E-state index in [0.717, 1.165) is 68.2 Å². The molecule has 2 atom stereocenters. The minimum atomic E-state index is 0.281. The van der Waals surface area contributed by atoms with E-state index in [9.17, 15) is 0 Å². The molecule has 7 heteroatoms. The molecule has 1 aromatic carbocycles. The van der Waals surface area contributed by atoms with E-state index < -0.39 is 0 Å². The number of rotatable bonds is 3. The van der Waals surface area contributed by atoms with Crippen LogP contribution in [0.2, 0.25) is 0 Å². The lowest BCUT2D eigenvalue weighted by atomic mass is 9.89. The zero-order chi connectivity index (χ0) is 19.6. The average molecular weight is 390 g/mol. The lowest BCUT2D eigenvalue weighted by Crippen LogP contribution is -2.43. The van der Waals surface area contributed by atoms with Crippen LogP contribution in [-0.2, 0) is 4.74 Å². The molecule has 0 aliphatic carbocycles. The predicted molar refractivity (Wildman–Crippen MR) is 113 cm³/mol. The summed E-state index contributed by atoms with van der Waals surface area (Å²) in [5.74, 6) is 2.25. The maximum absolute atomic E-state index is 5.48. The Morgan fingerprint density at radius 2 is 1.83 bits per heavy atom. The van der Waals surface area contributed by atoms with Crippen molar-refractivity contribution in [1.29, 1.82) is 0 Å². The topological polar surface area (TPSA) is 67.3 Å². The fraction of sp³-hybridized carbons (Fsp3) is 0.455. The summed E-state index contributed by atoms with van der Waals surface area (Å²) in [7, 11) is 0. The number of hydrogen-bond acceptors (Lipinski definition) is 7. The van der Waals surface area contributed by atoms with Gasteiger partial charge in [0.05, 0.1) is 18.7 Å². The molecule has 150 valence electrons. The molecule has 3 aromatic rings. The minimum absolute atomic E-state index is 0.281. The van der Waals surface area contributed by atoms with Crippen LogP contribution in [0, 0.1) is 0 Å². The van der Waals surface area contributed by atoms with Crippen LogP contribution in [0.1, 0.15) is 31.5 Å². The summed E-state index contributed by atoms with van der Waals surface area (Å²) in [6, 6.07) is 8.69. The van der Waals surface area contributed by atoms with Gasteiger partial charge in [-0.2, -0.15) is 0 Å². The van der Waals surface area contributed by atoms with Gasteiger partial charge in [-0.1, -0.05) is 0 Å². The van der Waals surface area contributed by atoms with Crippen molar-refractivity contribution in [3.63, 3.8) is 0 Å². The highest BCUT2D eigenvalue weighted by molar-refractivity contribution is 5.91. The molecule has 2 aromatic heterocycles. The highest BCUT2D eigenvalue weighted by Crippen LogP contribution is 2.36. The van der Waals surface area contributed by atoms with Gasteiger partial charge in [-0.15, -0.1) is 0 Å². The van der Waals surface area contributed by atoms with Crippen molar-refractivity contribution in [2.24, 2.45) is 0 Å². The molecule has 0 N–H and O–H groups in total.